The standard InChI is InChI=1S/C19H24N4O2/c1-23-10-14(9-20-23)17(11-24)21-19(25)22-18-15-6-2-4-12(15)8-13-5-3-7-16(13)18/h8-10,17,24H,2-7,11H2,1H3,(H2,21,22,25). The van der Waals surface area contributed by atoms with Crippen LogP contribution in [0.3, 0.4) is 0 Å². The van der Waals surface area contributed by atoms with E-state index < -0.39 is 6.04 Å². The van der Waals surface area contributed by atoms with Crippen molar-refractivity contribution in [3.8, 4) is 0 Å². The van der Waals surface area contributed by atoms with Crippen LogP contribution in [0.4, 0.5) is 10.5 Å². The predicted molar refractivity (Wildman–Crippen MR) is 95.7 cm³/mol. The fourth-order valence-electron chi connectivity index (χ4n) is 4.13. The molecule has 1 unspecified atom stereocenters. The van der Waals surface area contributed by atoms with E-state index in [1.54, 1.807) is 17.1 Å². The molecule has 0 fully saturated rings. The first-order valence-electron chi connectivity index (χ1n) is 8.99. The van der Waals surface area contributed by atoms with Crippen LogP contribution in [-0.4, -0.2) is 27.5 Å². The molecule has 0 radical (unpaired) electrons. The summed E-state index contributed by atoms with van der Waals surface area (Å²) in [5.41, 5.74) is 7.20. The third kappa shape index (κ3) is 3.02. The molecule has 132 valence electrons. The fourth-order valence-corrected chi connectivity index (χ4v) is 4.13. The first-order chi connectivity index (χ1) is 12.2. The molecule has 2 aliphatic rings. The highest BCUT2D eigenvalue weighted by Gasteiger charge is 2.25. The van der Waals surface area contributed by atoms with Gasteiger partial charge in [0.05, 0.1) is 18.8 Å². The van der Waals surface area contributed by atoms with Crippen molar-refractivity contribution in [2.24, 2.45) is 7.05 Å². The summed E-state index contributed by atoms with van der Waals surface area (Å²) in [6.45, 7) is -0.163. The van der Waals surface area contributed by atoms with Crippen molar-refractivity contribution in [3.05, 3.63) is 46.3 Å². The topological polar surface area (TPSA) is 79.2 Å². The smallest absolute Gasteiger partial charge is 0.319 e. The lowest BCUT2D eigenvalue weighted by molar-refractivity contribution is 0.225. The summed E-state index contributed by atoms with van der Waals surface area (Å²) < 4.78 is 1.66. The van der Waals surface area contributed by atoms with Gasteiger partial charge in [0, 0.05) is 24.5 Å². The summed E-state index contributed by atoms with van der Waals surface area (Å²) in [4.78, 5) is 12.6. The maximum Gasteiger partial charge on any atom is 0.319 e. The number of nitrogens with one attached hydrogen (secondary N) is 2. The molecule has 1 atom stereocenters. The van der Waals surface area contributed by atoms with Crippen LogP contribution in [0.15, 0.2) is 18.5 Å². The number of carbonyl (C=O) groups is 1. The third-order valence-electron chi connectivity index (χ3n) is 5.33. The minimum atomic E-state index is -0.460. The van der Waals surface area contributed by atoms with Crippen molar-refractivity contribution in [2.45, 2.75) is 44.6 Å². The second kappa shape index (κ2) is 6.52. The van der Waals surface area contributed by atoms with Crippen LogP contribution in [0.25, 0.3) is 0 Å². The summed E-state index contributed by atoms with van der Waals surface area (Å²) in [5.74, 6) is 0. The van der Waals surface area contributed by atoms with E-state index in [1.807, 2.05) is 7.05 Å². The van der Waals surface area contributed by atoms with Crippen molar-refractivity contribution in [1.82, 2.24) is 15.1 Å². The van der Waals surface area contributed by atoms with Gasteiger partial charge in [0.1, 0.15) is 0 Å². The number of carbonyl (C=O) groups excluding carboxylic acids is 1. The molecule has 0 bridgehead atoms. The molecule has 6 heteroatoms. The van der Waals surface area contributed by atoms with E-state index in [2.05, 4.69) is 21.8 Å². The number of anilines is 1. The van der Waals surface area contributed by atoms with Gasteiger partial charge in [-0.25, -0.2) is 4.79 Å². The Morgan fingerprint density at radius 3 is 2.48 bits per heavy atom. The number of fused-ring (bicyclic) bond motifs is 2. The first-order valence-corrected chi connectivity index (χ1v) is 8.99. The van der Waals surface area contributed by atoms with Crippen LogP contribution in [0.1, 0.15) is 46.7 Å². The number of rotatable bonds is 4. The van der Waals surface area contributed by atoms with E-state index in [0.717, 1.165) is 49.8 Å². The predicted octanol–water partition coefficient (Wildman–Crippen LogP) is 2.25. The molecule has 3 N–H and O–H groups in total. The minimum Gasteiger partial charge on any atom is -0.394 e. The number of aryl methyl sites for hydroxylation is 3. The zero-order valence-corrected chi connectivity index (χ0v) is 14.5. The quantitative estimate of drug-likeness (QED) is 0.799. The van der Waals surface area contributed by atoms with E-state index >= 15 is 0 Å². The molecule has 2 aromatic rings. The molecule has 1 aromatic heterocycles. The monoisotopic (exact) mass is 340 g/mol. The molecule has 0 saturated carbocycles. The molecule has 25 heavy (non-hydrogen) atoms. The number of hydrogen-bond donors (Lipinski definition) is 3. The number of aliphatic hydroxyl groups is 1. The molecule has 0 spiro atoms. The Hall–Kier alpha value is -2.34. The average Bonchev–Trinajstić information content (AvgIpc) is 3.32. The Bertz CT molecular complexity index is 780. The van der Waals surface area contributed by atoms with Gasteiger partial charge in [-0.1, -0.05) is 6.07 Å². The van der Waals surface area contributed by atoms with E-state index in [4.69, 9.17) is 0 Å². The molecule has 2 aliphatic carbocycles. The lowest BCUT2D eigenvalue weighted by Crippen LogP contribution is -2.34. The summed E-state index contributed by atoms with van der Waals surface area (Å²) >= 11 is 0. The number of nitrogens with zero attached hydrogens (tertiary/aromatic N) is 2. The minimum absolute atomic E-state index is 0.163. The number of amides is 2. The normalized spacial score (nSPS) is 16.4. The Balaban J connectivity index is 1.55. The lowest BCUT2D eigenvalue weighted by Gasteiger charge is -2.19. The zero-order valence-electron chi connectivity index (χ0n) is 14.5. The molecule has 0 saturated heterocycles. The Morgan fingerprint density at radius 1 is 1.24 bits per heavy atom. The second-order valence-corrected chi connectivity index (χ2v) is 7.01. The number of aliphatic hydroxyl groups excluding tert-OH is 1. The number of aromatic nitrogens is 2. The first kappa shape index (κ1) is 16.1. The van der Waals surface area contributed by atoms with Crippen LogP contribution in [-0.2, 0) is 32.7 Å². The summed E-state index contributed by atoms with van der Waals surface area (Å²) in [6.07, 6.45) is 10.1. The molecule has 1 aromatic carbocycles. The third-order valence-corrected chi connectivity index (χ3v) is 5.33. The molecule has 2 amide bonds. The Kier molecular flexibility index (Phi) is 4.21. The maximum absolute atomic E-state index is 12.6. The van der Waals surface area contributed by atoms with Gasteiger partial charge in [0.2, 0.25) is 0 Å². The van der Waals surface area contributed by atoms with E-state index in [1.165, 1.54) is 22.3 Å². The lowest BCUT2D eigenvalue weighted by atomic mass is 9.99. The second-order valence-electron chi connectivity index (χ2n) is 7.01. The van der Waals surface area contributed by atoms with Crippen LogP contribution >= 0.6 is 0 Å². The highest BCUT2D eigenvalue weighted by Crippen LogP contribution is 2.38. The van der Waals surface area contributed by atoms with Gasteiger partial charge in [0.15, 0.2) is 0 Å². The van der Waals surface area contributed by atoms with Crippen LogP contribution in [0, 0.1) is 0 Å². The molecule has 4 rings (SSSR count). The fraction of sp³-hybridized carbons (Fsp3) is 0.474. The largest absolute Gasteiger partial charge is 0.394 e. The van der Waals surface area contributed by atoms with Crippen molar-refractivity contribution < 1.29 is 9.90 Å². The molecule has 1 heterocycles. The van der Waals surface area contributed by atoms with Crippen LogP contribution < -0.4 is 10.6 Å². The molecule has 0 aliphatic heterocycles. The Morgan fingerprint density at radius 2 is 1.92 bits per heavy atom. The van der Waals surface area contributed by atoms with Crippen molar-refractivity contribution in [1.29, 1.82) is 0 Å². The zero-order chi connectivity index (χ0) is 17.4. The van der Waals surface area contributed by atoms with Crippen LogP contribution in [0.2, 0.25) is 0 Å². The van der Waals surface area contributed by atoms with Crippen LogP contribution in [0.5, 0.6) is 0 Å². The highest BCUT2D eigenvalue weighted by molar-refractivity contribution is 5.92. The number of hydrogen-bond acceptors (Lipinski definition) is 3. The summed E-state index contributed by atoms with van der Waals surface area (Å²) in [5, 5.41) is 19.7. The van der Waals surface area contributed by atoms with Gasteiger partial charge in [-0.3, -0.25) is 4.68 Å². The van der Waals surface area contributed by atoms with Gasteiger partial charge in [-0.05, 0) is 60.8 Å². The van der Waals surface area contributed by atoms with Gasteiger partial charge in [-0.15, -0.1) is 0 Å². The SMILES string of the molecule is Cn1cc(C(CO)NC(=O)Nc2c3c(cc4c2CCC4)CCC3)cn1. The highest BCUT2D eigenvalue weighted by atomic mass is 16.3. The molecular weight excluding hydrogens is 316 g/mol. The van der Waals surface area contributed by atoms with Gasteiger partial charge < -0.3 is 15.7 Å². The van der Waals surface area contributed by atoms with Gasteiger partial charge in [0.25, 0.3) is 0 Å². The van der Waals surface area contributed by atoms with Gasteiger partial charge in [-0.2, -0.15) is 5.10 Å². The van der Waals surface area contributed by atoms with Gasteiger partial charge >= 0.3 is 6.03 Å². The van der Waals surface area contributed by atoms with E-state index in [9.17, 15) is 9.90 Å². The maximum atomic E-state index is 12.6. The van der Waals surface area contributed by atoms with Crippen molar-refractivity contribution in [2.75, 3.05) is 11.9 Å². The molecule has 6 nitrogen and oxygen atoms in total. The number of benzene rings is 1. The summed E-state index contributed by atoms with van der Waals surface area (Å²) in [6, 6.07) is 1.62. The van der Waals surface area contributed by atoms with E-state index in [0.29, 0.717) is 0 Å². The number of urea groups is 1. The Labute approximate surface area is 147 Å². The van der Waals surface area contributed by atoms with E-state index in [-0.39, 0.29) is 12.6 Å². The average molecular weight is 340 g/mol. The summed E-state index contributed by atoms with van der Waals surface area (Å²) in [7, 11) is 1.81. The molecular formula is C19H24N4O2. The van der Waals surface area contributed by atoms with Crippen molar-refractivity contribution in [3.63, 3.8) is 0 Å². The van der Waals surface area contributed by atoms with Crippen molar-refractivity contribution >= 4 is 11.7 Å².